The second kappa shape index (κ2) is 6.69. The van der Waals surface area contributed by atoms with Gasteiger partial charge in [0.25, 0.3) is 0 Å². The van der Waals surface area contributed by atoms with Gasteiger partial charge >= 0.3 is 5.97 Å². The highest BCUT2D eigenvalue weighted by Crippen LogP contribution is 2.35. The van der Waals surface area contributed by atoms with Crippen molar-refractivity contribution in [3.05, 3.63) is 30.3 Å². The fraction of sp³-hybridized carbons (Fsp3) is 0.611. The van der Waals surface area contributed by atoms with Gasteiger partial charge in [0.15, 0.2) is 6.10 Å². The van der Waals surface area contributed by atoms with E-state index in [1.54, 1.807) is 0 Å². The summed E-state index contributed by atoms with van der Waals surface area (Å²) >= 11 is 0. The summed E-state index contributed by atoms with van der Waals surface area (Å²) in [5.41, 5.74) is 0. The minimum atomic E-state index is -0.514. The molecule has 4 atom stereocenters. The fourth-order valence-electron chi connectivity index (χ4n) is 3.66. The molecule has 0 radical (unpaired) electrons. The molecule has 3 rings (SSSR count). The van der Waals surface area contributed by atoms with Gasteiger partial charge in [-0.05, 0) is 51.3 Å². The van der Waals surface area contributed by atoms with E-state index in [-0.39, 0.29) is 12.1 Å². The lowest BCUT2D eigenvalue weighted by molar-refractivity contribution is -0.161. The molecule has 0 N–H and O–H groups in total. The number of nitrogens with zero attached hydrogens (tertiary/aromatic N) is 1. The number of fused-ring (bicyclic) bond motifs is 2. The largest absolute Gasteiger partial charge is 0.479 e. The van der Waals surface area contributed by atoms with Crippen LogP contribution in [0.2, 0.25) is 0 Å². The molecule has 22 heavy (non-hydrogen) atoms. The van der Waals surface area contributed by atoms with Gasteiger partial charge in [0.1, 0.15) is 11.9 Å². The minimum Gasteiger partial charge on any atom is -0.479 e. The maximum Gasteiger partial charge on any atom is 0.347 e. The molecule has 0 amide bonds. The van der Waals surface area contributed by atoms with Crippen LogP contribution in [0.5, 0.6) is 5.75 Å². The number of esters is 1. The summed E-state index contributed by atoms with van der Waals surface area (Å²) in [4.78, 5) is 14.8. The first-order valence-corrected chi connectivity index (χ1v) is 8.31. The molecule has 1 aromatic rings. The van der Waals surface area contributed by atoms with Crippen molar-refractivity contribution in [3.63, 3.8) is 0 Å². The van der Waals surface area contributed by atoms with Crippen molar-refractivity contribution in [1.82, 2.24) is 4.90 Å². The molecule has 4 nitrogen and oxygen atoms in total. The first kappa shape index (κ1) is 15.3. The Morgan fingerprint density at radius 3 is 2.45 bits per heavy atom. The zero-order valence-corrected chi connectivity index (χ0v) is 13.4. The standard InChI is InChI=1S/C18H25NO3/c1-3-17(21-15-7-5-4-6-8-15)18(20)22-16-11-13-9-10-14(12-16)19(13)2/h4-8,13-14,16-17H,3,9-12H2,1-2H3/t13-,14+,16?,17?. The van der Waals surface area contributed by atoms with Crippen LogP contribution < -0.4 is 4.74 Å². The smallest absolute Gasteiger partial charge is 0.347 e. The van der Waals surface area contributed by atoms with Crippen LogP contribution in [0.4, 0.5) is 0 Å². The molecule has 2 aliphatic heterocycles. The Labute approximate surface area is 132 Å². The quantitative estimate of drug-likeness (QED) is 0.784. The third-order valence-corrected chi connectivity index (χ3v) is 4.99. The van der Waals surface area contributed by atoms with Crippen molar-refractivity contribution in [1.29, 1.82) is 0 Å². The van der Waals surface area contributed by atoms with Crippen molar-refractivity contribution < 1.29 is 14.3 Å². The Hall–Kier alpha value is -1.55. The second-order valence-corrected chi connectivity index (χ2v) is 6.41. The maximum absolute atomic E-state index is 12.4. The molecule has 120 valence electrons. The molecule has 2 heterocycles. The van der Waals surface area contributed by atoms with Crippen LogP contribution in [0, 0.1) is 0 Å². The Morgan fingerprint density at radius 1 is 1.23 bits per heavy atom. The number of carbonyl (C=O) groups excluding carboxylic acids is 1. The van der Waals surface area contributed by atoms with Crippen molar-refractivity contribution in [2.24, 2.45) is 0 Å². The highest BCUT2D eigenvalue weighted by molar-refractivity contribution is 5.75. The SMILES string of the molecule is CCC(Oc1ccccc1)C(=O)OC1C[C@H]2CC[C@@H](C1)N2C. The number of piperidine rings is 1. The Bertz CT molecular complexity index is 490. The topological polar surface area (TPSA) is 38.8 Å². The van der Waals surface area contributed by atoms with Gasteiger partial charge in [-0.1, -0.05) is 25.1 Å². The van der Waals surface area contributed by atoms with E-state index in [0.29, 0.717) is 18.5 Å². The first-order valence-electron chi connectivity index (χ1n) is 8.31. The predicted octanol–water partition coefficient (Wildman–Crippen LogP) is 3.01. The molecule has 0 aliphatic carbocycles. The molecule has 4 heteroatoms. The monoisotopic (exact) mass is 303 g/mol. The molecule has 0 aromatic heterocycles. The predicted molar refractivity (Wildman–Crippen MR) is 84.8 cm³/mol. The van der Waals surface area contributed by atoms with E-state index in [4.69, 9.17) is 9.47 Å². The molecule has 2 fully saturated rings. The van der Waals surface area contributed by atoms with Gasteiger partial charge in [0.05, 0.1) is 0 Å². The van der Waals surface area contributed by atoms with Crippen LogP contribution in [-0.2, 0) is 9.53 Å². The van der Waals surface area contributed by atoms with E-state index in [9.17, 15) is 4.79 Å². The number of ether oxygens (including phenoxy) is 2. The van der Waals surface area contributed by atoms with Gasteiger partial charge in [-0.25, -0.2) is 4.79 Å². The number of benzene rings is 1. The zero-order chi connectivity index (χ0) is 15.5. The zero-order valence-electron chi connectivity index (χ0n) is 13.4. The lowest BCUT2D eigenvalue weighted by Crippen LogP contribution is -2.44. The molecule has 2 aliphatic rings. The van der Waals surface area contributed by atoms with Gasteiger partial charge < -0.3 is 14.4 Å². The minimum absolute atomic E-state index is 0.0506. The number of hydrogen-bond donors (Lipinski definition) is 0. The van der Waals surface area contributed by atoms with E-state index in [0.717, 1.165) is 18.6 Å². The van der Waals surface area contributed by atoms with Crippen LogP contribution in [0.3, 0.4) is 0 Å². The van der Waals surface area contributed by atoms with Gasteiger partial charge in [0, 0.05) is 12.1 Å². The average molecular weight is 303 g/mol. The molecular weight excluding hydrogens is 278 g/mol. The number of hydrogen-bond acceptors (Lipinski definition) is 4. The van der Waals surface area contributed by atoms with Crippen LogP contribution in [-0.4, -0.2) is 42.2 Å². The van der Waals surface area contributed by atoms with Gasteiger partial charge in [0.2, 0.25) is 0 Å². The Kier molecular flexibility index (Phi) is 4.67. The Morgan fingerprint density at radius 2 is 1.86 bits per heavy atom. The summed E-state index contributed by atoms with van der Waals surface area (Å²) in [7, 11) is 2.19. The molecule has 2 unspecified atom stereocenters. The number of rotatable bonds is 5. The lowest BCUT2D eigenvalue weighted by Gasteiger charge is -2.36. The van der Waals surface area contributed by atoms with Crippen molar-refractivity contribution in [2.45, 2.75) is 63.3 Å². The van der Waals surface area contributed by atoms with E-state index < -0.39 is 6.10 Å². The Balaban J connectivity index is 1.56. The summed E-state index contributed by atoms with van der Waals surface area (Å²) in [6.45, 7) is 1.95. The average Bonchev–Trinajstić information content (AvgIpc) is 2.75. The number of carbonyl (C=O) groups is 1. The van der Waals surface area contributed by atoms with Crippen molar-refractivity contribution in [2.75, 3.05) is 7.05 Å². The lowest BCUT2D eigenvalue weighted by atomic mass is 10.0. The van der Waals surface area contributed by atoms with E-state index >= 15 is 0 Å². The third-order valence-electron chi connectivity index (χ3n) is 4.99. The van der Waals surface area contributed by atoms with E-state index in [2.05, 4.69) is 11.9 Å². The molecule has 0 saturated carbocycles. The summed E-state index contributed by atoms with van der Waals surface area (Å²) in [5, 5.41) is 0. The third kappa shape index (κ3) is 3.27. The second-order valence-electron chi connectivity index (χ2n) is 6.41. The van der Waals surface area contributed by atoms with E-state index in [1.807, 2.05) is 37.3 Å². The summed E-state index contributed by atoms with van der Waals surface area (Å²) < 4.78 is 11.5. The van der Waals surface area contributed by atoms with Crippen molar-refractivity contribution >= 4 is 5.97 Å². The molecule has 0 spiro atoms. The van der Waals surface area contributed by atoms with Crippen LogP contribution >= 0.6 is 0 Å². The van der Waals surface area contributed by atoms with Crippen molar-refractivity contribution in [3.8, 4) is 5.75 Å². The van der Waals surface area contributed by atoms with Crippen LogP contribution in [0.15, 0.2) is 30.3 Å². The van der Waals surface area contributed by atoms with Crippen LogP contribution in [0.25, 0.3) is 0 Å². The normalized spacial score (nSPS) is 29.1. The molecular formula is C18H25NO3. The first-order chi connectivity index (χ1) is 10.7. The number of para-hydroxylation sites is 1. The van der Waals surface area contributed by atoms with Gasteiger partial charge in [-0.15, -0.1) is 0 Å². The maximum atomic E-state index is 12.4. The summed E-state index contributed by atoms with van der Waals surface area (Å²) in [6, 6.07) is 10.6. The summed E-state index contributed by atoms with van der Waals surface area (Å²) in [6.07, 6.45) is 4.53. The highest BCUT2D eigenvalue weighted by atomic mass is 16.6. The fourth-order valence-corrected chi connectivity index (χ4v) is 3.66. The van der Waals surface area contributed by atoms with Gasteiger partial charge in [-0.2, -0.15) is 0 Å². The van der Waals surface area contributed by atoms with Crippen LogP contribution in [0.1, 0.15) is 39.0 Å². The highest BCUT2D eigenvalue weighted by Gasteiger charge is 2.40. The molecule has 2 bridgehead atoms. The van der Waals surface area contributed by atoms with E-state index in [1.165, 1.54) is 12.8 Å². The summed E-state index contributed by atoms with van der Waals surface area (Å²) in [5.74, 6) is 0.495. The molecule has 2 saturated heterocycles. The molecule has 1 aromatic carbocycles. The van der Waals surface area contributed by atoms with Gasteiger partial charge in [-0.3, -0.25) is 0 Å².